The van der Waals surface area contributed by atoms with Gasteiger partial charge in [-0.05, 0) is 36.7 Å². The molecular formula is C10H16BrN3O. The van der Waals surface area contributed by atoms with E-state index >= 15 is 0 Å². The molecule has 0 radical (unpaired) electrons. The van der Waals surface area contributed by atoms with Gasteiger partial charge < -0.3 is 10.1 Å². The lowest BCUT2D eigenvalue weighted by molar-refractivity contribution is 0.000631. The zero-order valence-electron chi connectivity index (χ0n) is 9.25. The molecule has 5 heteroatoms. The van der Waals surface area contributed by atoms with Gasteiger partial charge in [-0.3, -0.25) is 0 Å². The monoisotopic (exact) mass is 273 g/mol. The summed E-state index contributed by atoms with van der Waals surface area (Å²) in [5.41, 5.74) is -0.195. The Bertz CT molecular complexity index is 317. The fourth-order valence-electron chi connectivity index (χ4n) is 1.18. The van der Waals surface area contributed by atoms with Gasteiger partial charge in [-0.15, -0.1) is 0 Å². The van der Waals surface area contributed by atoms with Crippen LogP contribution in [0.3, 0.4) is 0 Å². The summed E-state index contributed by atoms with van der Waals surface area (Å²) in [6.45, 7) is 7.48. The van der Waals surface area contributed by atoms with Crippen LogP contribution in [0.2, 0.25) is 0 Å². The zero-order chi connectivity index (χ0) is 11.3. The summed E-state index contributed by atoms with van der Waals surface area (Å²) in [7, 11) is 0. The maximum absolute atomic E-state index is 5.57. The van der Waals surface area contributed by atoms with Crippen molar-refractivity contribution in [3.8, 4) is 0 Å². The molecule has 0 aliphatic heterocycles. The first-order valence-electron chi connectivity index (χ1n) is 4.88. The van der Waals surface area contributed by atoms with Crippen LogP contribution in [0.25, 0.3) is 0 Å². The molecule has 1 N–H and O–H groups in total. The number of ether oxygens (including phenoxy) is 1. The highest BCUT2D eigenvalue weighted by molar-refractivity contribution is 9.10. The van der Waals surface area contributed by atoms with Crippen molar-refractivity contribution in [2.45, 2.75) is 26.4 Å². The van der Waals surface area contributed by atoms with Crippen molar-refractivity contribution >= 4 is 21.7 Å². The minimum absolute atomic E-state index is 0.195. The molecule has 4 nitrogen and oxygen atoms in total. The van der Waals surface area contributed by atoms with Crippen molar-refractivity contribution in [1.29, 1.82) is 0 Å². The van der Waals surface area contributed by atoms with E-state index in [-0.39, 0.29) is 5.60 Å². The van der Waals surface area contributed by atoms with Crippen molar-refractivity contribution in [2.24, 2.45) is 0 Å². The van der Waals surface area contributed by atoms with Crippen LogP contribution in [0.1, 0.15) is 20.8 Å². The molecule has 0 atom stereocenters. The van der Waals surface area contributed by atoms with Crippen molar-refractivity contribution in [3.63, 3.8) is 0 Å². The molecule has 0 bridgehead atoms. The molecule has 84 valence electrons. The Morgan fingerprint density at radius 1 is 1.53 bits per heavy atom. The summed E-state index contributed by atoms with van der Waals surface area (Å²) in [4.78, 5) is 8.01. The van der Waals surface area contributed by atoms with Crippen LogP contribution in [-0.4, -0.2) is 28.7 Å². The summed E-state index contributed by atoms with van der Waals surface area (Å²) in [6.07, 6.45) is 3.23. The molecule has 0 saturated heterocycles. The van der Waals surface area contributed by atoms with Gasteiger partial charge >= 0.3 is 0 Å². The van der Waals surface area contributed by atoms with Crippen molar-refractivity contribution in [3.05, 3.63) is 17.0 Å². The van der Waals surface area contributed by atoms with Crippen molar-refractivity contribution in [1.82, 2.24) is 9.97 Å². The van der Waals surface area contributed by atoms with Crippen molar-refractivity contribution < 1.29 is 4.74 Å². The summed E-state index contributed by atoms with van der Waals surface area (Å²) in [6, 6.07) is 0. The molecule has 0 saturated carbocycles. The minimum atomic E-state index is -0.195. The summed E-state index contributed by atoms with van der Waals surface area (Å²) in [5.74, 6) is 0.790. The second kappa shape index (κ2) is 5.42. The number of nitrogens with zero attached hydrogens (tertiary/aromatic N) is 2. The van der Waals surface area contributed by atoms with Crippen LogP contribution in [0, 0.1) is 0 Å². The smallest absolute Gasteiger partial charge is 0.143 e. The predicted molar refractivity (Wildman–Crippen MR) is 63.9 cm³/mol. The summed E-state index contributed by atoms with van der Waals surface area (Å²) < 4.78 is 6.43. The van der Waals surface area contributed by atoms with E-state index in [1.165, 1.54) is 6.33 Å². The van der Waals surface area contributed by atoms with Crippen molar-refractivity contribution in [2.75, 3.05) is 18.5 Å². The second-order valence-electron chi connectivity index (χ2n) is 3.77. The Kier molecular flexibility index (Phi) is 4.47. The number of nitrogens with one attached hydrogen (secondary N) is 1. The second-order valence-corrected chi connectivity index (χ2v) is 4.62. The largest absolute Gasteiger partial charge is 0.374 e. The van der Waals surface area contributed by atoms with E-state index in [0.717, 1.165) is 10.3 Å². The highest BCUT2D eigenvalue weighted by Gasteiger charge is 2.17. The third-order valence-electron chi connectivity index (χ3n) is 1.88. The Morgan fingerprint density at radius 3 is 2.87 bits per heavy atom. The standard InChI is InChI=1S/C10H16BrN3O/c1-4-15-10(2,3)6-13-9-8(11)5-12-7-14-9/h5,7H,4,6H2,1-3H3,(H,12,13,14). The van der Waals surface area contributed by atoms with Crippen LogP contribution in [-0.2, 0) is 4.74 Å². The van der Waals surface area contributed by atoms with Gasteiger partial charge in [-0.1, -0.05) is 0 Å². The van der Waals surface area contributed by atoms with Gasteiger partial charge in [0.05, 0.1) is 10.1 Å². The lowest BCUT2D eigenvalue weighted by Crippen LogP contribution is -2.33. The molecule has 15 heavy (non-hydrogen) atoms. The fraction of sp³-hybridized carbons (Fsp3) is 0.600. The molecule has 1 aromatic heterocycles. The number of halogens is 1. The maximum Gasteiger partial charge on any atom is 0.143 e. The number of anilines is 1. The van der Waals surface area contributed by atoms with Gasteiger partial charge in [-0.2, -0.15) is 0 Å². The van der Waals surface area contributed by atoms with Crippen LogP contribution < -0.4 is 5.32 Å². The Morgan fingerprint density at radius 2 is 2.27 bits per heavy atom. The van der Waals surface area contributed by atoms with Crippen LogP contribution >= 0.6 is 15.9 Å². The molecular weight excluding hydrogens is 258 g/mol. The maximum atomic E-state index is 5.57. The van der Waals surface area contributed by atoms with Crippen LogP contribution in [0.5, 0.6) is 0 Å². The zero-order valence-corrected chi connectivity index (χ0v) is 10.8. The molecule has 0 unspecified atom stereocenters. The number of rotatable bonds is 5. The van der Waals surface area contributed by atoms with E-state index in [2.05, 4.69) is 31.2 Å². The average Bonchev–Trinajstić information content (AvgIpc) is 2.16. The molecule has 0 aromatic carbocycles. The molecule has 1 aromatic rings. The first-order chi connectivity index (χ1) is 7.05. The third-order valence-corrected chi connectivity index (χ3v) is 2.46. The van der Waals surface area contributed by atoms with Gasteiger partial charge in [-0.25, -0.2) is 9.97 Å². The average molecular weight is 274 g/mol. The molecule has 0 spiro atoms. The highest BCUT2D eigenvalue weighted by atomic mass is 79.9. The Balaban J connectivity index is 2.53. The summed E-state index contributed by atoms with van der Waals surface area (Å²) >= 11 is 3.37. The molecule has 1 rings (SSSR count). The van der Waals surface area contributed by atoms with Gasteiger partial charge in [0.15, 0.2) is 0 Å². The van der Waals surface area contributed by atoms with E-state index in [9.17, 15) is 0 Å². The first-order valence-corrected chi connectivity index (χ1v) is 5.68. The summed E-state index contributed by atoms with van der Waals surface area (Å²) in [5, 5.41) is 3.22. The molecule has 0 aliphatic rings. The topological polar surface area (TPSA) is 47.0 Å². The first kappa shape index (κ1) is 12.4. The fourth-order valence-corrected chi connectivity index (χ4v) is 1.54. The van der Waals surface area contributed by atoms with Gasteiger partial charge in [0, 0.05) is 19.3 Å². The Hall–Kier alpha value is -0.680. The van der Waals surface area contributed by atoms with E-state index < -0.39 is 0 Å². The van der Waals surface area contributed by atoms with E-state index in [0.29, 0.717) is 13.2 Å². The van der Waals surface area contributed by atoms with Gasteiger partial charge in [0.2, 0.25) is 0 Å². The van der Waals surface area contributed by atoms with Crippen LogP contribution in [0.15, 0.2) is 17.0 Å². The van der Waals surface area contributed by atoms with Crippen LogP contribution in [0.4, 0.5) is 5.82 Å². The van der Waals surface area contributed by atoms with E-state index in [4.69, 9.17) is 4.74 Å². The number of hydrogen-bond acceptors (Lipinski definition) is 4. The number of hydrogen-bond donors (Lipinski definition) is 1. The highest BCUT2D eigenvalue weighted by Crippen LogP contribution is 2.18. The molecule has 0 amide bonds. The van der Waals surface area contributed by atoms with Gasteiger partial charge in [0.25, 0.3) is 0 Å². The predicted octanol–water partition coefficient (Wildman–Crippen LogP) is 2.47. The lowest BCUT2D eigenvalue weighted by atomic mass is 10.1. The quantitative estimate of drug-likeness (QED) is 0.896. The molecule has 0 fully saturated rings. The van der Waals surface area contributed by atoms with E-state index in [1.807, 2.05) is 20.8 Å². The molecule has 1 heterocycles. The van der Waals surface area contributed by atoms with E-state index in [1.54, 1.807) is 6.20 Å². The van der Waals surface area contributed by atoms with Gasteiger partial charge in [0.1, 0.15) is 12.1 Å². The molecule has 0 aliphatic carbocycles. The normalized spacial score (nSPS) is 11.5. The minimum Gasteiger partial charge on any atom is -0.374 e. The number of aromatic nitrogens is 2. The Labute approximate surface area is 98.6 Å². The lowest BCUT2D eigenvalue weighted by Gasteiger charge is -2.25. The third kappa shape index (κ3) is 4.13. The SMILES string of the molecule is CCOC(C)(C)CNc1ncncc1Br.